The highest BCUT2D eigenvalue weighted by molar-refractivity contribution is 9.10. The molecular formula is C14H11BrN2OS. The first-order valence-corrected chi connectivity index (χ1v) is 7.65. The number of nitrogens with zero attached hydrogens (tertiary/aromatic N) is 1. The summed E-state index contributed by atoms with van der Waals surface area (Å²) in [4.78, 5) is 17.6. The van der Waals surface area contributed by atoms with Crippen molar-refractivity contribution in [1.29, 1.82) is 0 Å². The Balaban J connectivity index is 1.81. The van der Waals surface area contributed by atoms with Crippen molar-refractivity contribution in [3.05, 3.63) is 52.8 Å². The van der Waals surface area contributed by atoms with Crippen molar-refractivity contribution in [2.75, 3.05) is 11.1 Å². The lowest BCUT2D eigenvalue weighted by Crippen LogP contribution is -2.21. The van der Waals surface area contributed by atoms with E-state index in [0.29, 0.717) is 0 Å². The van der Waals surface area contributed by atoms with Crippen LogP contribution in [0.2, 0.25) is 0 Å². The molecule has 1 N–H and O–H groups in total. The second-order valence-corrected chi connectivity index (χ2v) is 6.16. The van der Waals surface area contributed by atoms with Gasteiger partial charge >= 0.3 is 0 Å². The van der Waals surface area contributed by atoms with Crippen molar-refractivity contribution < 1.29 is 4.79 Å². The number of amides is 1. The first kappa shape index (κ1) is 12.7. The largest absolute Gasteiger partial charge is 0.324 e. The molecule has 3 nitrogen and oxygen atoms in total. The zero-order chi connectivity index (χ0) is 13.2. The normalized spacial score (nSPS) is 17.0. The highest BCUT2D eigenvalue weighted by Crippen LogP contribution is 2.40. The van der Waals surface area contributed by atoms with Crippen LogP contribution in [0.15, 0.2) is 52.1 Å². The fraction of sp³-hybridized carbons (Fsp3) is 0.143. The van der Waals surface area contributed by atoms with Crippen molar-refractivity contribution in [2.45, 2.75) is 10.8 Å². The maximum absolute atomic E-state index is 12.4. The lowest BCUT2D eigenvalue weighted by molar-refractivity contribution is -0.117. The van der Waals surface area contributed by atoms with Gasteiger partial charge in [-0.1, -0.05) is 18.2 Å². The molecule has 0 spiro atoms. The minimum absolute atomic E-state index is 0.0318. The molecule has 0 saturated heterocycles. The Morgan fingerprint density at radius 1 is 1.37 bits per heavy atom. The predicted molar refractivity (Wildman–Crippen MR) is 80.5 cm³/mol. The summed E-state index contributed by atoms with van der Waals surface area (Å²) in [6, 6.07) is 9.87. The van der Waals surface area contributed by atoms with Crippen LogP contribution in [0.1, 0.15) is 11.5 Å². The number of anilines is 1. The summed E-state index contributed by atoms with van der Waals surface area (Å²) in [6.07, 6.45) is 3.34. The Labute approximate surface area is 123 Å². The molecule has 0 saturated carbocycles. The summed E-state index contributed by atoms with van der Waals surface area (Å²) in [5.41, 5.74) is 1.88. The van der Waals surface area contributed by atoms with E-state index >= 15 is 0 Å². The standard InChI is InChI=1S/C14H11BrN2OS/c15-11-7-16-6-5-12(11)17-14(18)10-8-19-13-4-2-1-3-9(10)13/h1-7,10H,8H2,(H,16,17,18). The van der Waals surface area contributed by atoms with E-state index < -0.39 is 0 Å². The first-order valence-electron chi connectivity index (χ1n) is 5.88. The third-order valence-electron chi connectivity index (χ3n) is 3.05. The van der Waals surface area contributed by atoms with Crippen LogP contribution in [0.4, 0.5) is 5.69 Å². The second-order valence-electron chi connectivity index (χ2n) is 4.25. The molecule has 0 fully saturated rings. The van der Waals surface area contributed by atoms with Gasteiger partial charge < -0.3 is 5.32 Å². The highest BCUT2D eigenvalue weighted by Gasteiger charge is 2.29. The molecule has 1 aliphatic heterocycles. The molecule has 19 heavy (non-hydrogen) atoms. The molecule has 1 aliphatic rings. The van der Waals surface area contributed by atoms with Crippen LogP contribution in [-0.4, -0.2) is 16.6 Å². The number of rotatable bonds is 2. The molecule has 1 aromatic carbocycles. The molecule has 1 amide bonds. The molecule has 2 heterocycles. The lowest BCUT2D eigenvalue weighted by Gasteiger charge is -2.12. The van der Waals surface area contributed by atoms with Crippen molar-refractivity contribution in [3.63, 3.8) is 0 Å². The van der Waals surface area contributed by atoms with E-state index in [4.69, 9.17) is 0 Å². The third kappa shape index (κ3) is 2.53. The van der Waals surface area contributed by atoms with E-state index in [1.54, 1.807) is 30.2 Å². The van der Waals surface area contributed by atoms with Crippen molar-refractivity contribution in [1.82, 2.24) is 4.98 Å². The van der Waals surface area contributed by atoms with Crippen LogP contribution in [0.5, 0.6) is 0 Å². The van der Waals surface area contributed by atoms with Gasteiger partial charge in [-0.05, 0) is 33.6 Å². The highest BCUT2D eigenvalue weighted by atomic mass is 79.9. The van der Waals surface area contributed by atoms with E-state index in [1.807, 2.05) is 18.2 Å². The van der Waals surface area contributed by atoms with Gasteiger partial charge in [-0.15, -0.1) is 11.8 Å². The third-order valence-corrected chi connectivity index (χ3v) is 4.86. The minimum Gasteiger partial charge on any atom is -0.324 e. The first-order chi connectivity index (χ1) is 9.25. The van der Waals surface area contributed by atoms with Crippen LogP contribution >= 0.6 is 27.7 Å². The number of carbonyl (C=O) groups is 1. The van der Waals surface area contributed by atoms with Crippen molar-refractivity contribution in [3.8, 4) is 0 Å². The molecule has 96 valence electrons. The van der Waals surface area contributed by atoms with Gasteiger partial charge in [-0.2, -0.15) is 0 Å². The predicted octanol–water partition coefficient (Wildman–Crippen LogP) is 3.67. The number of thioether (sulfide) groups is 1. The SMILES string of the molecule is O=C(Nc1ccncc1Br)C1CSc2ccccc21. The average molecular weight is 335 g/mol. The maximum Gasteiger partial charge on any atom is 0.232 e. The molecule has 1 unspecified atom stereocenters. The fourth-order valence-electron chi connectivity index (χ4n) is 2.08. The number of pyridine rings is 1. The van der Waals surface area contributed by atoms with Gasteiger partial charge in [-0.3, -0.25) is 9.78 Å². The average Bonchev–Trinajstić information content (AvgIpc) is 2.85. The summed E-state index contributed by atoms with van der Waals surface area (Å²) >= 11 is 5.12. The van der Waals surface area contributed by atoms with E-state index in [-0.39, 0.29) is 11.8 Å². The van der Waals surface area contributed by atoms with Crippen molar-refractivity contribution in [2.24, 2.45) is 0 Å². The van der Waals surface area contributed by atoms with Crippen molar-refractivity contribution >= 4 is 39.3 Å². The molecule has 0 aliphatic carbocycles. The number of aromatic nitrogens is 1. The molecule has 3 rings (SSSR count). The smallest absolute Gasteiger partial charge is 0.232 e. The topological polar surface area (TPSA) is 42.0 Å². The number of hydrogen-bond donors (Lipinski definition) is 1. The van der Waals surface area contributed by atoms with E-state index in [0.717, 1.165) is 21.5 Å². The summed E-state index contributed by atoms with van der Waals surface area (Å²) in [7, 11) is 0. The molecule has 1 atom stereocenters. The van der Waals surface area contributed by atoms with Gasteiger partial charge in [0, 0.05) is 23.0 Å². The summed E-state index contributed by atoms with van der Waals surface area (Å²) in [5, 5.41) is 2.95. The Bertz CT molecular complexity index is 632. The zero-order valence-electron chi connectivity index (χ0n) is 9.97. The summed E-state index contributed by atoms with van der Waals surface area (Å²) < 4.78 is 0.794. The van der Waals surface area contributed by atoms with Gasteiger partial charge in [0.1, 0.15) is 0 Å². The summed E-state index contributed by atoms with van der Waals surface area (Å²) in [5.74, 6) is 0.749. The fourth-order valence-corrected chi connectivity index (χ4v) is 3.65. The van der Waals surface area contributed by atoms with E-state index in [1.165, 1.54) is 4.90 Å². The summed E-state index contributed by atoms with van der Waals surface area (Å²) in [6.45, 7) is 0. The number of benzene rings is 1. The van der Waals surface area contributed by atoms with Crippen LogP contribution in [0.25, 0.3) is 0 Å². The molecule has 2 aromatic rings. The number of fused-ring (bicyclic) bond motifs is 1. The van der Waals surface area contributed by atoms with E-state index in [9.17, 15) is 4.79 Å². The number of hydrogen-bond acceptors (Lipinski definition) is 3. The van der Waals surface area contributed by atoms with Gasteiger partial charge in [-0.25, -0.2) is 0 Å². The Morgan fingerprint density at radius 2 is 2.21 bits per heavy atom. The molecular weight excluding hydrogens is 324 g/mol. The minimum atomic E-state index is -0.0822. The van der Waals surface area contributed by atoms with E-state index in [2.05, 4.69) is 32.3 Å². The van der Waals surface area contributed by atoms with Crippen LogP contribution in [0, 0.1) is 0 Å². The maximum atomic E-state index is 12.4. The number of carbonyl (C=O) groups excluding carboxylic acids is 1. The molecule has 0 radical (unpaired) electrons. The molecule has 0 bridgehead atoms. The van der Waals surface area contributed by atoms with Crippen LogP contribution < -0.4 is 5.32 Å². The number of halogens is 1. The Hall–Kier alpha value is -1.33. The van der Waals surface area contributed by atoms with Crippen LogP contribution in [-0.2, 0) is 4.79 Å². The van der Waals surface area contributed by atoms with Gasteiger partial charge in [0.2, 0.25) is 5.91 Å². The zero-order valence-corrected chi connectivity index (χ0v) is 12.4. The molecule has 1 aromatic heterocycles. The monoisotopic (exact) mass is 334 g/mol. The van der Waals surface area contributed by atoms with Gasteiger partial charge in [0.25, 0.3) is 0 Å². The Morgan fingerprint density at radius 3 is 3.05 bits per heavy atom. The lowest BCUT2D eigenvalue weighted by atomic mass is 10.0. The number of nitrogens with one attached hydrogen (secondary N) is 1. The second kappa shape index (κ2) is 5.35. The van der Waals surface area contributed by atoms with Gasteiger partial charge in [0.05, 0.1) is 16.1 Å². The Kier molecular flexibility index (Phi) is 3.57. The van der Waals surface area contributed by atoms with Crippen LogP contribution in [0.3, 0.4) is 0 Å². The molecule has 5 heteroatoms. The van der Waals surface area contributed by atoms with Gasteiger partial charge in [0.15, 0.2) is 0 Å². The quantitative estimate of drug-likeness (QED) is 0.910.